The average molecular weight is 286 g/mol. The molecular formula is C13H19FN2O2S. The lowest BCUT2D eigenvalue weighted by Crippen LogP contribution is -2.35. The van der Waals surface area contributed by atoms with E-state index in [9.17, 15) is 12.8 Å². The minimum atomic E-state index is -3.82. The van der Waals surface area contributed by atoms with E-state index >= 15 is 0 Å². The molecule has 0 unspecified atom stereocenters. The Morgan fingerprint density at radius 3 is 2.68 bits per heavy atom. The van der Waals surface area contributed by atoms with Crippen molar-refractivity contribution in [2.24, 2.45) is 5.92 Å². The Morgan fingerprint density at radius 1 is 1.47 bits per heavy atom. The summed E-state index contributed by atoms with van der Waals surface area (Å²) in [5.41, 5.74) is 0. The van der Waals surface area contributed by atoms with Crippen LogP contribution in [0.1, 0.15) is 33.1 Å². The van der Waals surface area contributed by atoms with Crippen LogP contribution in [0, 0.1) is 11.7 Å². The molecule has 0 aromatic carbocycles. The van der Waals surface area contributed by atoms with Crippen LogP contribution in [0.25, 0.3) is 0 Å². The van der Waals surface area contributed by atoms with E-state index in [0.29, 0.717) is 12.5 Å². The first kappa shape index (κ1) is 14.4. The predicted octanol–water partition coefficient (Wildman–Crippen LogP) is 2.42. The van der Waals surface area contributed by atoms with Gasteiger partial charge in [0.05, 0.1) is 0 Å². The highest BCUT2D eigenvalue weighted by molar-refractivity contribution is 7.89. The van der Waals surface area contributed by atoms with Gasteiger partial charge in [-0.05, 0) is 37.3 Å². The summed E-state index contributed by atoms with van der Waals surface area (Å²) in [6, 6.07) is 2.54. The summed E-state index contributed by atoms with van der Waals surface area (Å²) in [5.74, 6) is -0.372. The van der Waals surface area contributed by atoms with E-state index in [1.165, 1.54) is 16.6 Å². The van der Waals surface area contributed by atoms with Gasteiger partial charge in [-0.25, -0.2) is 17.8 Å². The number of halogens is 1. The Kier molecular flexibility index (Phi) is 4.20. The van der Waals surface area contributed by atoms with Crippen molar-refractivity contribution in [3.8, 4) is 0 Å². The Morgan fingerprint density at radius 2 is 2.16 bits per heavy atom. The van der Waals surface area contributed by atoms with Gasteiger partial charge in [-0.15, -0.1) is 0 Å². The summed E-state index contributed by atoms with van der Waals surface area (Å²) in [6.45, 7) is 4.51. The van der Waals surface area contributed by atoms with Gasteiger partial charge in [-0.3, -0.25) is 0 Å². The van der Waals surface area contributed by atoms with Crippen LogP contribution in [0.2, 0.25) is 0 Å². The molecule has 4 nitrogen and oxygen atoms in total. The second-order valence-electron chi connectivity index (χ2n) is 5.32. The van der Waals surface area contributed by atoms with Crippen molar-refractivity contribution in [3.05, 3.63) is 24.1 Å². The smallest absolute Gasteiger partial charge is 0.241 e. The first-order valence-corrected chi connectivity index (χ1v) is 7.99. The molecule has 19 heavy (non-hydrogen) atoms. The van der Waals surface area contributed by atoms with Crippen LogP contribution in [0.15, 0.2) is 23.4 Å². The predicted molar refractivity (Wildman–Crippen MR) is 70.6 cm³/mol. The van der Waals surface area contributed by atoms with E-state index in [1.807, 2.05) is 13.8 Å². The third-order valence-electron chi connectivity index (χ3n) is 3.16. The number of nitrogens with zero attached hydrogens (tertiary/aromatic N) is 2. The van der Waals surface area contributed by atoms with E-state index < -0.39 is 20.9 Å². The first-order chi connectivity index (χ1) is 8.93. The van der Waals surface area contributed by atoms with Crippen molar-refractivity contribution in [3.63, 3.8) is 0 Å². The van der Waals surface area contributed by atoms with E-state index in [4.69, 9.17) is 0 Å². The molecule has 2 rings (SSSR count). The van der Waals surface area contributed by atoms with Crippen LogP contribution in [-0.4, -0.2) is 30.3 Å². The summed E-state index contributed by atoms with van der Waals surface area (Å²) < 4.78 is 40.0. The molecule has 0 bridgehead atoms. The number of hydrogen-bond acceptors (Lipinski definition) is 3. The van der Waals surface area contributed by atoms with Gasteiger partial charge in [0.1, 0.15) is 0 Å². The molecular weight excluding hydrogens is 267 g/mol. The highest BCUT2D eigenvalue weighted by Crippen LogP contribution is 2.32. The van der Waals surface area contributed by atoms with E-state index in [2.05, 4.69) is 4.98 Å². The maximum absolute atomic E-state index is 13.7. The summed E-state index contributed by atoms with van der Waals surface area (Å²) in [6.07, 6.45) is 3.78. The van der Waals surface area contributed by atoms with Crippen LogP contribution in [0.3, 0.4) is 0 Å². The fourth-order valence-electron chi connectivity index (χ4n) is 1.92. The highest BCUT2D eigenvalue weighted by Gasteiger charge is 2.39. The van der Waals surface area contributed by atoms with Gasteiger partial charge in [-0.2, -0.15) is 4.31 Å². The monoisotopic (exact) mass is 286 g/mol. The van der Waals surface area contributed by atoms with Crippen molar-refractivity contribution < 1.29 is 12.8 Å². The number of rotatable bonds is 6. The summed E-state index contributed by atoms with van der Waals surface area (Å²) in [4.78, 5) is 3.70. The molecule has 1 aliphatic carbocycles. The molecule has 1 aliphatic rings. The fourth-order valence-corrected chi connectivity index (χ4v) is 3.60. The number of aromatic nitrogens is 1. The van der Waals surface area contributed by atoms with Crippen LogP contribution >= 0.6 is 0 Å². The second kappa shape index (κ2) is 5.54. The Labute approximate surface area is 113 Å². The number of sulfonamides is 1. The van der Waals surface area contributed by atoms with Crippen LogP contribution < -0.4 is 0 Å². The molecule has 1 aromatic heterocycles. The molecule has 6 heteroatoms. The van der Waals surface area contributed by atoms with Gasteiger partial charge in [0, 0.05) is 18.8 Å². The van der Waals surface area contributed by atoms with Gasteiger partial charge in [0.25, 0.3) is 10.0 Å². The van der Waals surface area contributed by atoms with Gasteiger partial charge in [0.15, 0.2) is 5.82 Å². The number of hydrogen-bond donors (Lipinski definition) is 0. The summed E-state index contributed by atoms with van der Waals surface area (Å²) in [5, 5.41) is -0.453. The van der Waals surface area contributed by atoms with E-state index in [1.54, 1.807) is 0 Å². The molecule has 0 saturated heterocycles. The average Bonchev–Trinajstić information content (AvgIpc) is 3.13. The molecule has 106 valence electrons. The van der Waals surface area contributed by atoms with Crippen LogP contribution in [0.4, 0.5) is 4.39 Å². The van der Waals surface area contributed by atoms with Crippen molar-refractivity contribution in [1.29, 1.82) is 0 Å². The molecule has 0 radical (unpaired) electrons. The zero-order chi connectivity index (χ0) is 14.0. The van der Waals surface area contributed by atoms with Crippen molar-refractivity contribution in [2.45, 2.75) is 44.2 Å². The molecule has 1 fully saturated rings. The lowest BCUT2D eigenvalue weighted by atomic mass is 10.1. The third kappa shape index (κ3) is 3.30. The molecule has 0 N–H and O–H groups in total. The maximum atomic E-state index is 13.7. The lowest BCUT2D eigenvalue weighted by Gasteiger charge is -2.22. The van der Waals surface area contributed by atoms with Crippen molar-refractivity contribution in [1.82, 2.24) is 9.29 Å². The molecule has 0 aliphatic heterocycles. The molecule has 1 heterocycles. The minimum Gasteiger partial charge on any atom is -0.241 e. The maximum Gasteiger partial charge on any atom is 0.263 e. The number of pyridine rings is 1. The van der Waals surface area contributed by atoms with Gasteiger partial charge >= 0.3 is 0 Å². The second-order valence-corrected chi connectivity index (χ2v) is 7.13. The van der Waals surface area contributed by atoms with Crippen LogP contribution in [-0.2, 0) is 10.0 Å². The van der Waals surface area contributed by atoms with Crippen molar-refractivity contribution in [2.75, 3.05) is 6.54 Å². The van der Waals surface area contributed by atoms with Gasteiger partial charge in [0.2, 0.25) is 5.03 Å². The zero-order valence-electron chi connectivity index (χ0n) is 11.2. The quantitative estimate of drug-likeness (QED) is 0.807. The summed E-state index contributed by atoms with van der Waals surface area (Å²) >= 11 is 0. The van der Waals surface area contributed by atoms with Crippen molar-refractivity contribution >= 4 is 10.0 Å². The molecule has 0 amide bonds. The van der Waals surface area contributed by atoms with Gasteiger partial charge < -0.3 is 0 Å². The molecule has 1 saturated carbocycles. The molecule has 0 atom stereocenters. The third-order valence-corrected chi connectivity index (χ3v) is 5.05. The SMILES string of the molecule is CC(C)CCN(C1CC1)S(=O)(=O)c1ncccc1F. The zero-order valence-corrected chi connectivity index (χ0v) is 12.0. The first-order valence-electron chi connectivity index (χ1n) is 6.55. The minimum absolute atomic E-state index is 0.0187. The Hall–Kier alpha value is -1.01. The Balaban J connectivity index is 2.27. The normalized spacial score (nSPS) is 16.3. The largest absolute Gasteiger partial charge is 0.263 e. The van der Waals surface area contributed by atoms with Crippen LogP contribution in [0.5, 0.6) is 0 Å². The summed E-state index contributed by atoms with van der Waals surface area (Å²) in [7, 11) is -3.82. The standard InChI is InChI=1S/C13H19FN2O2S/c1-10(2)7-9-16(11-5-6-11)19(17,18)13-12(14)4-3-8-15-13/h3-4,8,10-11H,5-7,9H2,1-2H3. The molecule has 1 aromatic rings. The molecule has 0 spiro atoms. The van der Waals surface area contributed by atoms with Gasteiger partial charge in [-0.1, -0.05) is 13.8 Å². The fraction of sp³-hybridized carbons (Fsp3) is 0.615. The topological polar surface area (TPSA) is 50.3 Å². The van der Waals surface area contributed by atoms with E-state index in [0.717, 1.165) is 25.3 Å². The highest BCUT2D eigenvalue weighted by atomic mass is 32.2. The Bertz CT molecular complexity index is 541. The lowest BCUT2D eigenvalue weighted by molar-refractivity contribution is 0.369. The van der Waals surface area contributed by atoms with E-state index in [-0.39, 0.29) is 6.04 Å².